The Labute approximate surface area is 208 Å². The summed E-state index contributed by atoms with van der Waals surface area (Å²) in [6.07, 6.45) is 4.39. The van der Waals surface area contributed by atoms with Crippen molar-refractivity contribution >= 4 is 22.6 Å². The quantitative estimate of drug-likeness (QED) is 0.410. The summed E-state index contributed by atoms with van der Waals surface area (Å²) in [6.45, 7) is 5.07. The number of hydrogen-bond donors (Lipinski definition) is 1. The van der Waals surface area contributed by atoms with E-state index in [1.54, 1.807) is 22.8 Å². The van der Waals surface area contributed by atoms with Crippen LogP contribution in [0.2, 0.25) is 0 Å². The molecule has 1 fully saturated rings. The molecule has 0 radical (unpaired) electrons. The van der Waals surface area contributed by atoms with Crippen LogP contribution in [0.5, 0.6) is 0 Å². The average Bonchev–Trinajstić information content (AvgIpc) is 3.31. The first kappa shape index (κ1) is 24.1. The average molecular weight is 491 g/mol. The van der Waals surface area contributed by atoms with Crippen molar-refractivity contribution in [2.24, 2.45) is 0 Å². The van der Waals surface area contributed by atoms with Gasteiger partial charge in [0.05, 0.1) is 17.4 Å². The van der Waals surface area contributed by atoms with Gasteiger partial charge in [-0.25, -0.2) is 4.39 Å². The minimum absolute atomic E-state index is 0.0275. The van der Waals surface area contributed by atoms with Crippen LogP contribution < -0.4 is 10.9 Å². The molecule has 2 aromatic carbocycles. The molecule has 1 amide bonds. The summed E-state index contributed by atoms with van der Waals surface area (Å²) in [5.41, 5.74) is 1.29. The molecule has 0 unspecified atom stereocenters. The fourth-order valence-electron chi connectivity index (χ4n) is 5.03. The minimum atomic E-state index is -0.330. The monoisotopic (exact) mass is 490 g/mol. The number of piperidine rings is 1. The van der Waals surface area contributed by atoms with Gasteiger partial charge in [-0.15, -0.1) is 10.2 Å². The van der Waals surface area contributed by atoms with Gasteiger partial charge in [-0.1, -0.05) is 30.7 Å². The molecule has 2 aromatic heterocycles. The number of aromatic nitrogens is 4. The van der Waals surface area contributed by atoms with Gasteiger partial charge in [0.1, 0.15) is 11.6 Å². The first-order valence-corrected chi connectivity index (χ1v) is 12.6. The number of nitrogens with zero attached hydrogens (tertiary/aromatic N) is 5. The molecule has 4 aromatic rings. The highest BCUT2D eigenvalue weighted by Crippen LogP contribution is 2.17. The largest absolute Gasteiger partial charge is 0.355 e. The summed E-state index contributed by atoms with van der Waals surface area (Å²) in [6, 6.07) is 13.9. The van der Waals surface area contributed by atoms with E-state index in [2.05, 4.69) is 27.3 Å². The van der Waals surface area contributed by atoms with Crippen LogP contribution >= 0.6 is 0 Å². The summed E-state index contributed by atoms with van der Waals surface area (Å²) < 4.78 is 16.8. The van der Waals surface area contributed by atoms with Crippen LogP contribution in [-0.2, 0) is 17.8 Å². The number of halogens is 1. The van der Waals surface area contributed by atoms with Crippen molar-refractivity contribution < 1.29 is 9.18 Å². The van der Waals surface area contributed by atoms with Crippen LogP contribution in [0.1, 0.15) is 44.0 Å². The molecule has 0 saturated carbocycles. The van der Waals surface area contributed by atoms with Gasteiger partial charge < -0.3 is 5.32 Å². The lowest BCUT2D eigenvalue weighted by Gasteiger charge is -2.33. The zero-order chi connectivity index (χ0) is 25.1. The molecule has 1 aliphatic heterocycles. The molecule has 0 spiro atoms. The summed E-state index contributed by atoms with van der Waals surface area (Å²) in [7, 11) is 0. The Hall–Kier alpha value is -3.59. The number of fused-ring (bicyclic) bond motifs is 3. The molecule has 9 heteroatoms. The predicted octanol–water partition coefficient (Wildman–Crippen LogP) is 3.15. The molecule has 1 atom stereocenters. The lowest BCUT2D eigenvalue weighted by Crippen LogP contribution is -2.42. The molecular weight excluding hydrogens is 459 g/mol. The van der Waals surface area contributed by atoms with Crippen molar-refractivity contribution in [3.63, 3.8) is 0 Å². The van der Waals surface area contributed by atoms with Crippen molar-refractivity contribution in [2.75, 3.05) is 19.6 Å². The van der Waals surface area contributed by atoms with E-state index in [1.165, 1.54) is 31.4 Å². The smallest absolute Gasteiger partial charge is 0.263 e. The molecule has 5 rings (SSSR count). The Morgan fingerprint density at radius 3 is 2.72 bits per heavy atom. The number of rotatable bonds is 8. The van der Waals surface area contributed by atoms with E-state index in [0.29, 0.717) is 41.5 Å². The molecule has 8 nitrogen and oxygen atoms in total. The number of para-hydroxylation sites is 1. The summed E-state index contributed by atoms with van der Waals surface area (Å²) in [5, 5.41) is 12.2. The third kappa shape index (κ3) is 5.02. The lowest BCUT2D eigenvalue weighted by atomic mass is 10.0. The Balaban J connectivity index is 1.35. The van der Waals surface area contributed by atoms with Crippen LogP contribution in [0.15, 0.2) is 53.3 Å². The maximum Gasteiger partial charge on any atom is 0.263 e. The number of nitrogens with one attached hydrogen (secondary N) is 1. The highest BCUT2D eigenvalue weighted by molar-refractivity contribution is 5.80. The van der Waals surface area contributed by atoms with Gasteiger partial charge in [0.2, 0.25) is 11.7 Å². The van der Waals surface area contributed by atoms with Crippen molar-refractivity contribution in [3.05, 3.63) is 76.1 Å². The third-order valence-electron chi connectivity index (χ3n) is 7.07. The number of likely N-dealkylation sites (tertiary alicyclic amines) is 1. The number of carbonyl (C=O) groups excluding carboxylic acids is 1. The number of benzene rings is 2. The molecule has 1 N–H and O–H groups in total. The number of hydrogen-bond acceptors (Lipinski definition) is 5. The van der Waals surface area contributed by atoms with Crippen LogP contribution in [0, 0.1) is 5.82 Å². The molecule has 3 heterocycles. The highest BCUT2D eigenvalue weighted by Gasteiger charge is 2.19. The van der Waals surface area contributed by atoms with E-state index in [9.17, 15) is 14.0 Å². The zero-order valence-corrected chi connectivity index (χ0v) is 20.5. The van der Waals surface area contributed by atoms with Crippen molar-refractivity contribution in [3.8, 4) is 0 Å². The molecule has 188 valence electrons. The van der Waals surface area contributed by atoms with Crippen molar-refractivity contribution in [1.29, 1.82) is 0 Å². The summed E-state index contributed by atoms with van der Waals surface area (Å²) >= 11 is 0. The Kier molecular flexibility index (Phi) is 7.09. The van der Waals surface area contributed by atoms with E-state index in [1.807, 2.05) is 22.6 Å². The van der Waals surface area contributed by atoms with E-state index in [-0.39, 0.29) is 30.2 Å². The predicted molar refractivity (Wildman–Crippen MR) is 136 cm³/mol. The van der Waals surface area contributed by atoms with Gasteiger partial charge in [-0.2, -0.15) is 0 Å². The van der Waals surface area contributed by atoms with Gasteiger partial charge >= 0.3 is 0 Å². The molecule has 36 heavy (non-hydrogen) atoms. The van der Waals surface area contributed by atoms with E-state index in [0.717, 1.165) is 18.7 Å². The van der Waals surface area contributed by atoms with Crippen LogP contribution in [0.3, 0.4) is 0 Å². The number of carbonyl (C=O) groups is 1. The van der Waals surface area contributed by atoms with Crippen LogP contribution in [0.4, 0.5) is 4.39 Å². The Morgan fingerprint density at radius 1 is 1.11 bits per heavy atom. The third-order valence-corrected chi connectivity index (χ3v) is 7.07. The fraction of sp³-hybridized carbons (Fsp3) is 0.407. The normalized spacial score (nSPS) is 16.6. The molecule has 0 bridgehead atoms. The molecule has 0 aliphatic carbocycles. The molecular formula is C27H31FN6O2. The van der Waals surface area contributed by atoms with Crippen molar-refractivity contribution in [1.82, 2.24) is 29.4 Å². The number of aryl methyl sites for hydroxylation is 1. The van der Waals surface area contributed by atoms with Gasteiger partial charge in [0.15, 0.2) is 0 Å². The second kappa shape index (κ2) is 10.6. The maximum absolute atomic E-state index is 13.4. The van der Waals surface area contributed by atoms with Gasteiger partial charge in [0.25, 0.3) is 5.56 Å². The van der Waals surface area contributed by atoms with E-state index >= 15 is 0 Å². The van der Waals surface area contributed by atoms with Crippen LogP contribution in [0.25, 0.3) is 16.7 Å². The van der Waals surface area contributed by atoms with E-state index in [4.69, 9.17) is 0 Å². The Morgan fingerprint density at radius 2 is 1.92 bits per heavy atom. The topological polar surface area (TPSA) is 84.5 Å². The highest BCUT2D eigenvalue weighted by atomic mass is 19.1. The zero-order valence-electron chi connectivity index (χ0n) is 20.5. The van der Waals surface area contributed by atoms with Gasteiger partial charge in [0, 0.05) is 32.0 Å². The summed E-state index contributed by atoms with van der Waals surface area (Å²) in [5.74, 6) is 0.662. The maximum atomic E-state index is 13.4. The van der Waals surface area contributed by atoms with Crippen LogP contribution in [-0.4, -0.2) is 55.6 Å². The van der Waals surface area contributed by atoms with Gasteiger partial charge in [-0.05, 0) is 56.1 Å². The fourth-order valence-corrected chi connectivity index (χ4v) is 5.03. The second-order valence-corrected chi connectivity index (χ2v) is 9.52. The standard InChI is InChI=1S/C27H31FN6O2/c1-19-6-4-5-16-32(19)17-15-29-25(35)14-13-24-30-31-27-33(18-20-9-11-21(28)12-10-20)26(36)22-7-2-3-8-23(22)34(24)27/h2-3,7-12,19H,4-6,13-18H2,1H3,(H,29,35)/t19-/m1/s1. The molecule has 1 aliphatic rings. The first-order valence-electron chi connectivity index (χ1n) is 12.6. The SMILES string of the molecule is C[C@@H]1CCCCN1CCNC(=O)CCc1nnc2n(Cc3ccc(F)cc3)c(=O)c3ccccc3n12. The van der Waals surface area contributed by atoms with Gasteiger partial charge in [-0.3, -0.25) is 23.5 Å². The van der Waals surface area contributed by atoms with E-state index < -0.39 is 0 Å². The minimum Gasteiger partial charge on any atom is -0.355 e. The second-order valence-electron chi connectivity index (χ2n) is 9.52. The number of amides is 1. The lowest BCUT2D eigenvalue weighted by molar-refractivity contribution is -0.121. The summed E-state index contributed by atoms with van der Waals surface area (Å²) in [4.78, 5) is 28.3. The molecule has 1 saturated heterocycles. The first-order chi connectivity index (χ1) is 17.5. The van der Waals surface area contributed by atoms with Crippen molar-refractivity contribution in [2.45, 2.75) is 51.6 Å². The Bertz CT molecular complexity index is 1430.